The molecule has 1 aliphatic heterocycles. The lowest BCUT2D eigenvalue weighted by molar-refractivity contribution is 0.244. The molecule has 4 rings (SSSR count). The molecule has 5 nitrogen and oxygen atoms in total. The van der Waals surface area contributed by atoms with Gasteiger partial charge in [0, 0.05) is 48.7 Å². The molecule has 0 aromatic carbocycles. The van der Waals surface area contributed by atoms with Gasteiger partial charge < -0.3 is 4.42 Å². The van der Waals surface area contributed by atoms with Crippen molar-refractivity contribution in [2.24, 2.45) is 0 Å². The van der Waals surface area contributed by atoms with E-state index < -0.39 is 0 Å². The van der Waals surface area contributed by atoms with Crippen LogP contribution in [0.2, 0.25) is 0 Å². The summed E-state index contributed by atoms with van der Waals surface area (Å²) >= 11 is 1.82. The Morgan fingerprint density at radius 2 is 2.30 bits per heavy atom. The monoisotopic (exact) mass is 328 g/mol. The first-order valence-electron chi connectivity index (χ1n) is 8.00. The fraction of sp³-hybridized carbons (Fsp3) is 0.412. The predicted octanol–water partition coefficient (Wildman–Crippen LogP) is 3.49. The second-order valence-electron chi connectivity index (χ2n) is 5.91. The summed E-state index contributed by atoms with van der Waals surface area (Å²) in [5.74, 6) is 1.47. The van der Waals surface area contributed by atoms with E-state index in [2.05, 4.69) is 39.0 Å². The van der Waals surface area contributed by atoms with Crippen LogP contribution < -0.4 is 0 Å². The van der Waals surface area contributed by atoms with E-state index in [1.54, 1.807) is 6.20 Å². The molecule has 23 heavy (non-hydrogen) atoms. The Kier molecular flexibility index (Phi) is 3.79. The zero-order valence-corrected chi connectivity index (χ0v) is 14.3. The van der Waals surface area contributed by atoms with Gasteiger partial charge in [-0.1, -0.05) is 6.07 Å². The highest BCUT2D eigenvalue weighted by Crippen LogP contribution is 2.30. The van der Waals surface area contributed by atoms with Gasteiger partial charge in [0.15, 0.2) is 5.69 Å². The van der Waals surface area contributed by atoms with Crippen molar-refractivity contribution in [2.75, 3.05) is 6.54 Å². The minimum Gasteiger partial charge on any atom is -0.440 e. The molecule has 0 radical (unpaired) electrons. The van der Waals surface area contributed by atoms with Crippen molar-refractivity contribution >= 4 is 11.3 Å². The number of fused-ring (bicyclic) bond motifs is 1. The molecule has 120 valence electrons. The van der Waals surface area contributed by atoms with Gasteiger partial charge in [0.2, 0.25) is 5.89 Å². The van der Waals surface area contributed by atoms with E-state index >= 15 is 0 Å². The molecule has 3 aromatic heterocycles. The fourth-order valence-corrected chi connectivity index (χ4v) is 3.95. The number of hydrogen-bond donors (Lipinski definition) is 0. The molecular weight excluding hydrogens is 308 g/mol. The third-order valence-electron chi connectivity index (χ3n) is 4.30. The summed E-state index contributed by atoms with van der Waals surface area (Å²) in [4.78, 5) is 8.27. The van der Waals surface area contributed by atoms with Gasteiger partial charge in [0.1, 0.15) is 5.76 Å². The molecule has 0 saturated carbocycles. The molecule has 0 fully saturated rings. The average Bonchev–Trinajstić information content (AvgIpc) is 3.27. The highest BCUT2D eigenvalue weighted by Gasteiger charge is 2.27. The topological polar surface area (TPSA) is 47.1 Å². The molecular formula is C17H20N4OS. The van der Waals surface area contributed by atoms with Crippen molar-refractivity contribution in [3.63, 3.8) is 0 Å². The standard InChI is InChI=1S/C17H20N4OS/c1-3-21-15-6-7-20(10-13-5-4-8-23-13)11-14(15)16(19-21)17-18-9-12(2)22-17/h4-5,8-9H,3,6-7,10-11H2,1-2H3. The lowest BCUT2D eigenvalue weighted by atomic mass is 10.0. The van der Waals surface area contributed by atoms with Crippen LogP contribution in [0.25, 0.3) is 11.6 Å². The Balaban J connectivity index is 1.67. The second kappa shape index (κ2) is 5.94. The number of aryl methyl sites for hydroxylation is 2. The van der Waals surface area contributed by atoms with Crippen LogP contribution in [-0.4, -0.2) is 26.2 Å². The van der Waals surface area contributed by atoms with Crippen molar-refractivity contribution in [3.8, 4) is 11.6 Å². The number of aromatic nitrogens is 3. The van der Waals surface area contributed by atoms with E-state index in [-0.39, 0.29) is 0 Å². The van der Waals surface area contributed by atoms with Crippen LogP contribution in [0, 0.1) is 6.92 Å². The highest BCUT2D eigenvalue weighted by atomic mass is 32.1. The molecule has 0 amide bonds. The van der Waals surface area contributed by atoms with E-state index in [0.717, 1.165) is 44.1 Å². The molecule has 0 atom stereocenters. The number of hydrogen-bond acceptors (Lipinski definition) is 5. The van der Waals surface area contributed by atoms with Crippen molar-refractivity contribution in [1.82, 2.24) is 19.7 Å². The summed E-state index contributed by atoms with van der Waals surface area (Å²) in [6.07, 6.45) is 2.79. The molecule has 3 aromatic rings. The number of nitrogens with zero attached hydrogens (tertiary/aromatic N) is 4. The van der Waals surface area contributed by atoms with Crippen molar-refractivity contribution in [3.05, 3.63) is 45.6 Å². The van der Waals surface area contributed by atoms with Gasteiger partial charge in [-0.3, -0.25) is 9.58 Å². The lowest BCUT2D eigenvalue weighted by Crippen LogP contribution is -2.30. The molecule has 0 N–H and O–H groups in total. The highest BCUT2D eigenvalue weighted by molar-refractivity contribution is 7.09. The van der Waals surface area contributed by atoms with Crippen molar-refractivity contribution in [1.29, 1.82) is 0 Å². The number of thiophene rings is 1. The van der Waals surface area contributed by atoms with Crippen LogP contribution >= 0.6 is 11.3 Å². The second-order valence-corrected chi connectivity index (χ2v) is 6.94. The zero-order valence-electron chi connectivity index (χ0n) is 13.5. The summed E-state index contributed by atoms with van der Waals surface area (Å²) in [5, 5.41) is 6.90. The maximum absolute atomic E-state index is 5.73. The van der Waals surface area contributed by atoms with Crippen LogP contribution in [0.3, 0.4) is 0 Å². The normalized spacial score (nSPS) is 15.0. The van der Waals surface area contributed by atoms with E-state index in [0.29, 0.717) is 5.89 Å². The Morgan fingerprint density at radius 1 is 1.39 bits per heavy atom. The van der Waals surface area contributed by atoms with E-state index in [4.69, 9.17) is 9.52 Å². The van der Waals surface area contributed by atoms with Crippen LogP contribution in [0.1, 0.15) is 28.8 Å². The van der Waals surface area contributed by atoms with Crippen LogP contribution in [0.4, 0.5) is 0 Å². The first kappa shape index (κ1) is 14.7. The van der Waals surface area contributed by atoms with E-state index in [1.807, 2.05) is 18.3 Å². The first-order valence-corrected chi connectivity index (χ1v) is 8.88. The van der Waals surface area contributed by atoms with Gasteiger partial charge in [-0.15, -0.1) is 11.3 Å². The lowest BCUT2D eigenvalue weighted by Gasteiger charge is -2.27. The zero-order chi connectivity index (χ0) is 15.8. The average molecular weight is 328 g/mol. The molecule has 0 aliphatic carbocycles. The minimum atomic E-state index is 0.643. The van der Waals surface area contributed by atoms with E-state index in [9.17, 15) is 0 Å². The van der Waals surface area contributed by atoms with Crippen LogP contribution in [0.15, 0.2) is 28.1 Å². The summed E-state index contributed by atoms with van der Waals surface area (Å²) in [5.41, 5.74) is 3.52. The minimum absolute atomic E-state index is 0.643. The van der Waals surface area contributed by atoms with Crippen LogP contribution in [0.5, 0.6) is 0 Å². The molecule has 0 saturated heterocycles. The Bertz CT molecular complexity index is 803. The van der Waals surface area contributed by atoms with Crippen molar-refractivity contribution < 1.29 is 4.42 Å². The third kappa shape index (κ3) is 2.72. The smallest absolute Gasteiger partial charge is 0.247 e. The summed E-state index contributed by atoms with van der Waals surface area (Å²) < 4.78 is 7.84. The predicted molar refractivity (Wildman–Crippen MR) is 90.3 cm³/mol. The van der Waals surface area contributed by atoms with Gasteiger partial charge in [0.05, 0.1) is 6.20 Å². The van der Waals surface area contributed by atoms with Gasteiger partial charge in [-0.2, -0.15) is 5.10 Å². The van der Waals surface area contributed by atoms with Gasteiger partial charge in [-0.05, 0) is 25.3 Å². The summed E-state index contributed by atoms with van der Waals surface area (Å²) in [6.45, 7) is 7.91. The first-order chi connectivity index (χ1) is 11.2. The maximum atomic E-state index is 5.73. The Hall–Kier alpha value is -1.92. The largest absolute Gasteiger partial charge is 0.440 e. The molecule has 6 heteroatoms. The molecule has 4 heterocycles. The summed E-state index contributed by atoms with van der Waals surface area (Å²) in [7, 11) is 0. The summed E-state index contributed by atoms with van der Waals surface area (Å²) in [6, 6.07) is 4.32. The molecule has 1 aliphatic rings. The SMILES string of the molecule is CCn1nc(-c2ncc(C)o2)c2c1CCN(Cc1cccs1)C2. The maximum Gasteiger partial charge on any atom is 0.247 e. The third-order valence-corrected chi connectivity index (χ3v) is 5.16. The molecule has 0 bridgehead atoms. The number of rotatable bonds is 4. The van der Waals surface area contributed by atoms with Gasteiger partial charge in [0.25, 0.3) is 0 Å². The fourth-order valence-electron chi connectivity index (χ4n) is 3.20. The quantitative estimate of drug-likeness (QED) is 0.735. The van der Waals surface area contributed by atoms with E-state index in [1.165, 1.54) is 16.1 Å². The van der Waals surface area contributed by atoms with Crippen molar-refractivity contribution in [2.45, 2.75) is 39.9 Å². The number of oxazole rings is 1. The van der Waals surface area contributed by atoms with Gasteiger partial charge >= 0.3 is 0 Å². The van der Waals surface area contributed by atoms with Crippen LogP contribution in [-0.2, 0) is 26.1 Å². The molecule has 0 spiro atoms. The Morgan fingerprint density at radius 3 is 3.00 bits per heavy atom. The molecule has 0 unspecified atom stereocenters. The Labute approximate surface area is 139 Å². The van der Waals surface area contributed by atoms with Gasteiger partial charge in [-0.25, -0.2) is 4.98 Å².